The zero-order valence-corrected chi connectivity index (χ0v) is 19.7. The Balaban J connectivity index is 1.48. The number of fused-ring (bicyclic) bond motifs is 1. The first-order valence-electron chi connectivity index (χ1n) is 11.0. The van der Waals surface area contributed by atoms with Gasteiger partial charge in [0.25, 0.3) is 0 Å². The Morgan fingerprint density at radius 1 is 1.17 bits per heavy atom. The van der Waals surface area contributed by atoms with Crippen LogP contribution in [0.1, 0.15) is 41.5 Å². The van der Waals surface area contributed by atoms with Crippen LogP contribution in [0.2, 0.25) is 0 Å². The van der Waals surface area contributed by atoms with Crippen LogP contribution in [0.3, 0.4) is 0 Å². The molecule has 0 aliphatic heterocycles. The Hall–Kier alpha value is -3.54. The van der Waals surface area contributed by atoms with Gasteiger partial charge in [-0.05, 0) is 37.0 Å². The highest BCUT2D eigenvalue weighted by atomic mass is 32.2. The van der Waals surface area contributed by atoms with E-state index in [2.05, 4.69) is 19.9 Å². The van der Waals surface area contributed by atoms with Gasteiger partial charge >= 0.3 is 12.1 Å². The Kier molecular flexibility index (Phi) is 6.15. The molecule has 1 aromatic carbocycles. The highest BCUT2D eigenvalue weighted by Crippen LogP contribution is 2.41. The van der Waals surface area contributed by atoms with Crippen LogP contribution in [0.25, 0.3) is 22.2 Å². The Morgan fingerprint density at radius 2 is 1.94 bits per heavy atom. The first kappa shape index (κ1) is 24.2. The van der Waals surface area contributed by atoms with Gasteiger partial charge < -0.3 is 9.67 Å². The van der Waals surface area contributed by atoms with E-state index in [1.54, 1.807) is 12.3 Å². The molecule has 7 nitrogen and oxygen atoms in total. The largest absolute Gasteiger partial charge is 0.481 e. The van der Waals surface area contributed by atoms with Crippen molar-refractivity contribution in [2.75, 3.05) is 0 Å². The molecule has 5 rings (SSSR count). The summed E-state index contributed by atoms with van der Waals surface area (Å²) in [6, 6.07) is 4.60. The Bertz CT molecular complexity index is 1480. The zero-order valence-electron chi connectivity index (χ0n) is 18.9. The third kappa shape index (κ3) is 4.90. The number of hydrogen-bond donors (Lipinski definition) is 1. The van der Waals surface area contributed by atoms with E-state index in [0.29, 0.717) is 33.1 Å². The molecule has 0 bridgehead atoms. The lowest BCUT2D eigenvalue weighted by Gasteiger charge is -2.08. The highest BCUT2D eigenvalue weighted by molar-refractivity contribution is 7.98. The lowest BCUT2D eigenvalue weighted by atomic mass is 10.1. The van der Waals surface area contributed by atoms with Crippen molar-refractivity contribution in [3.8, 4) is 11.1 Å². The van der Waals surface area contributed by atoms with Gasteiger partial charge in [0.1, 0.15) is 11.3 Å². The van der Waals surface area contributed by atoms with Gasteiger partial charge in [-0.25, -0.2) is 24.3 Å². The second kappa shape index (κ2) is 9.16. The summed E-state index contributed by atoms with van der Waals surface area (Å²) >= 11 is 1.29. The number of carboxylic acids is 1. The van der Waals surface area contributed by atoms with Crippen molar-refractivity contribution in [3.63, 3.8) is 0 Å². The average Bonchev–Trinajstić information content (AvgIpc) is 3.59. The third-order valence-corrected chi connectivity index (χ3v) is 6.76. The number of rotatable bonds is 7. The molecule has 1 aliphatic carbocycles. The molecular weight excluding hydrogens is 498 g/mol. The molecular formula is C24H19F4N5O2S. The molecule has 1 saturated carbocycles. The van der Waals surface area contributed by atoms with Crippen LogP contribution in [0.5, 0.6) is 0 Å². The standard InChI is InChI=1S/C24H19F4N5O2S/c1-12-16(8-29-22(31-12)24(26,27)28)17-10-33(15-3-4-15)19-9-30-23(32-21(17)19)36-11-13-2-5-18(25)14(6-13)7-20(34)35/h2,5-6,8-10,15H,3-4,7,11H2,1H3,(H,34,35). The maximum absolute atomic E-state index is 13.9. The maximum atomic E-state index is 13.9. The van der Waals surface area contributed by atoms with Gasteiger partial charge in [-0.2, -0.15) is 13.2 Å². The average molecular weight is 518 g/mol. The van der Waals surface area contributed by atoms with Crippen molar-refractivity contribution in [2.45, 2.75) is 49.3 Å². The van der Waals surface area contributed by atoms with Crippen LogP contribution in [-0.2, 0) is 23.1 Å². The number of aliphatic carboxylic acids is 1. The van der Waals surface area contributed by atoms with E-state index < -0.39 is 30.2 Å². The summed E-state index contributed by atoms with van der Waals surface area (Å²) in [6.07, 6.45) is 1.66. The summed E-state index contributed by atoms with van der Waals surface area (Å²) in [5, 5.41) is 9.40. The van der Waals surface area contributed by atoms with Gasteiger partial charge in [0, 0.05) is 41.0 Å². The van der Waals surface area contributed by atoms with Crippen molar-refractivity contribution >= 4 is 28.8 Å². The molecule has 0 saturated heterocycles. The van der Waals surface area contributed by atoms with Crippen LogP contribution in [0.4, 0.5) is 17.6 Å². The van der Waals surface area contributed by atoms with Crippen LogP contribution in [0, 0.1) is 12.7 Å². The van der Waals surface area contributed by atoms with Crippen molar-refractivity contribution in [2.24, 2.45) is 0 Å². The number of nitrogens with zero attached hydrogens (tertiary/aromatic N) is 5. The number of carboxylic acid groups (broad SMARTS) is 1. The molecule has 4 aromatic rings. The minimum atomic E-state index is -4.64. The number of aromatic nitrogens is 5. The summed E-state index contributed by atoms with van der Waals surface area (Å²) in [7, 11) is 0. The van der Waals surface area contributed by atoms with Crippen LogP contribution in [0.15, 0.2) is 41.9 Å². The van der Waals surface area contributed by atoms with Gasteiger partial charge in [-0.15, -0.1) is 0 Å². The second-order valence-electron chi connectivity index (χ2n) is 8.54. The van der Waals surface area contributed by atoms with E-state index in [1.807, 2.05) is 10.8 Å². The number of halogens is 4. The molecule has 1 fully saturated rings. The summed E-state index contributed by atoms with van der Waals surface area (Å²) in [4.78, 5) is 27.3. The van der Waals surface area contributed by atoms with E-state index >= 15 is 0 Å². The molecule has 1 aliphatic rings. The second-order valence-corrected chi connectivity index (χ2v) is 9.49. The molecule has 0 radical (unpaired) electrons. The predicted octanol–water partition coefficient (Wildman–Crippen LogP) is 5.61. The zero-order chi connectivity index (χ0) is 25.6. The molecule has 3 heterocycles. The van der Waals surface area contributed by atoms with Crippen molar-refractivity contribution in [3.05, 3.63) is 65.3 Å². The summed E-state index contributed by atoms with van der Waals surface area (Å²) in [5.41, 5.74) is 3.43. The first-order chi connectivity index (χ1) is 17.1. The van der Waals surface area contributed by atoms with Crippen LogP contribution < -0.4 is 0 Å². The van der Waals surface area contributed by atoms with Gasteiger partial charge in [-0.1, -0.05) is 23.9 Å². The van der Waals surface area contributed by atoms with Gasteiger partial charge in [0.15, 0.2) is 5.16 Å². The third-order valence-electron chi connectivity index (χ3n) is 5.83. The fraction of sp³-hybridized carbons (Fsp3) is 0.292. The smallest absolute Gasteiger partial charge is 0.451 e. The number of carbonyl (C=O) groups is 1. The fourth-order valence-electron chi connectivity index (χ4n) is 3.97. The molecule has 1 N–H and O–H groups in total. The molecule has 0 atom stereocenters. The van der Waals surface area contributed by atoms with Gasteiger partial charge in [0.05, 0.1) is 18.1 Å². The molecule has 0 amide bonds. The minimum Gasteiger partial charge on any atom is -0.481 e. The molecule has 0 spiro atoms. The van der Waals surface area contributed by atoms with Gasteiger partial charge in [-0.3, -0.25) is 4.79 Å². The number of benzene rings is 1. The van der Waals surface area contributed by atoms with E-state index in [-0.39, 0.29) is 17.3 Å². The van der Waals surface area contributed by atoms with Crippen molar-refractivity contribution in [1.82, 2.24) is 24.5 Å². The number of aryl methyl sites for hydroxylation is 1. The number of thioether (sulfide) groups is 1. The monoisotopic (exact) mass is 517 g/mol. The van der Waals surface area contributed by atoms with Crippen molar-refractivity contribution in [1.29, 1.82) is 0 Å². The summed E-state index contributed by atoms with van der Waals surface area (Å²) in [6.45, 7) is 1.51. The molecule has 3 aromatic heterocycles. The summed E-state index contributed by atoms with van der Waals surface area (Å²) < 4.78 is 55.1. The van der Waals surface area contributed by atoms with Crippen LogP contribution in [-0.4, -0.2) is 35.6 Å². The number of hydrogen-bond acceptors (Lipinski definition) is 6. The molecule has 12 heteroatoms. The van der Waals surface area contributed by atoms with E-state index in [1.165, 1.54) is 37.0 Å². The molecule has 0 unspecified atom stereocenters. The maximum Gasteiger partial charge on any atom is 0.451 e. The van der Waals surface area contributed by atoms with E-state index in [0.717, 1.165) is 18.4 Å². The molecule has 186 valence electrons. The lowest BCUT2D eigenvalue weighted by Crippen LogP contribution is -2.12. The minimum absolute atomic E-state index is 0.0959. The fourth-order valence-corrected chi connectivity index (χ4v) is 4.73. The van der Waals surface area contributed by atoms with E-state index in [9.17, 15) is 22.4 Å². The predicted molar refractivity (Wildman–Crippen MR) is 124 cm³/mol. The Morgan fingerprint density at radius 3 is 2.61 bits per heavy atom. The van der Waals surface area contributed by atoms with Crippen molar-refractivity contribution < 1.29 is 27.5 Å². The quantitative estimate of drug-likeness (QED) is 0.194. The van der Waals surface area contributed by atoms with E-state index in [4.69, 9.17) is 5.11 Å². The van der Waals surface area contributed by atoms with Gasteiger partial charge in [0.2, 0.25) is 5.82 Å². The lowest BCUT2D eigenvalue weighted by molar-refractivity contribution is -0.145. The normalized spacial score (nSPS) is 13.9. The Labute approximate surface area is 206 Å². The topological polar surface area (TPSA) is 93.8 Å². The number of alkyl halides is 3. The SMILES string of the molecule is Cc1nc(C(F)(F)F)ncc1-c1cn(C2CC2)c2cnc(SCc3ccc(F)c(CC(=O)O)c3)nc12. The van der Waals surface area contributed by atoms with Crippen LogP contribution >= 0.6 is 11.8 Å². The first-order valence-corrected chi connectivity index (χ1v) is 12.0. The summed E-state index contributed by atoms with van der Waals surface area (Å²) in [5.74, 6) is -2.52. The molecule has 36 heavy (non-hydrogen) atoms. The highest BCUT2D eigenvalue weighted by Gasteiger charge is 2.35.